The SMILES string of the molecule is CC1CCN(c2ccc([C@@H](C)NC(=O)c3ccccc3OCc3ccccc3)cc2)CC1. The van der Waals surface area contributed by atoms with Gasteiger partial charge in [0.2, 0.25) is 0 Å². The van der Waals surface area contributed by atoms with Crippen LogP contribution in [-0.4, -0.2) is 19.0 Å². The topological polar surface area (TPSA) is 41.6 Å². The smallest absolute Gasteiger partial charge is 0.255 e. The first-order valence-electron chi connectivity index (χ1n) is 11.5. The van der Waals surface area contributed by atoms with Crippen LogP contribution in [0.25, 0.3) is 0 Å². The van der Waals surface area contributed by atoms with Crippen molar-refractivity contribution in [3.8, 4) is 5.75 Å². The predicted octanol–water partition coefficient (Wildman–Crippen LogP) is 5.99. The molecule has 1 fully saturated rings. The molecule has 1 aliphatic heterocycles. The number of anilines is 1. The molecule has 4 nitrogen and oxygen atoms in total. The maximum absolute atomic E-state index is 13.0. The lowest BCUT2D eigenvalue weighted by atomic mass is 9.98. The molecule has 0 saturated carbocycles. The molecule has 0 aliphatic carbocycles. The molecule has 1 N–H and O–H groups in total. The van der Waals surface area contributed by atoms with Crippen LogP contribution in [0.1, 0.15) is 54.2 Å². The Morgan fingerprint density at radius 1 is 0.969 bits per heavy atom. The Balaban J connectivity index is 1.38. The Morgan fingerprint density at radius 3 is 2.34 bits per heavy atom. The summed E-state index contributed by atoms with van der Waals surface area (Å²) in [6.07, 6.45) is 2.50. The van der Waals surface area contributed by atoms with E-state index in [9.17, 15) is 4.79 Å². The molecule has 1 atom stereocenters. The number of amides is 1. The molecule has 3 aromatic carbocycles. The summed E-state index contributed by atoms with van der Waals surface area (Å²) in [7, 11) is 0. The van der Waals surface area contributed by atoms with Crippen LogP contribution >= 0.6 is 0 Å². The molecule has 0 bridgehead atoms. The maximum Gasteiger partial charge on any atom is 0.255 e. The fourth-order valence-corrected chi connectivity index (χ4v) is 4.11. The summed E-state index contributed by atoms with van der Waals surface area (Å²) >= 11 is 0. The lowest BCUT2D eigenvalue weighted by Crippen LogP contribution is -2.32. The van der Waals surface area contributed by atoms with Crippen molar-refractivity contribution >= 4 is 11.6 Å². The van der Waals surface area contributed by atoms with Crippen molar-refractivity contribution in [2.45, 2.75) is 39.3 Å². The number of para-hydroxylation sites is 1. The van der Waals surface area contributed by atoms with E-state index in [1.165, 1.54) is 18.5 Å². The fourth-order valence-electron chi connectivity index (χ4n) is 4.11. The van der Waals surface area contributed by atoms with E-state index in [-0.39, 0.29) is 11.9 Å². The van der Waals surface area contributed by atoms with Crippen molar-refractivity contribution in [2.24, 2.45) is 5.92 Å². The highest BCUT2D eigenvalue weighted by Gasteiger charge is 2.18. The molecular weight excluding hydrogens is 396 g/mol. The summed E-state index contributed by atoms with van der Waals surface area (Å²) in [5, 5.41) is 3.12. The molecule has 32 heavy (non-hydrogen) atoms. The van der Waals surface area contributed by atoms with Gasteiger partial charge >= 0.3 is 0 Å². The van der Waals surface area contributed by atoms with Gasteiger partial charge in [0.15, 0.2) is 0 Å². The molecule has 3 aromatic rings. The van der Waals surface area contributed by atoms with Crippen LogP contribution in [-0.2, 0) is 6.61 Å². The maximum atomic E-state index is 13.0. The van der Waals surface area contributed by atoms with E-state index in [1.807, 2.05) is 61.5 Å². The third-order valence-electron chi connectivity index (χ3n) is 6.26. The van der Waals surface area contributed by atoms with E-state index < -0.39 is 0 Å². The number of benzene rings is 3. The Morgan fingerprint density at radius 2 is 1.62 bits per heavy atom. The van der Waals surface area contributed by atoms with Crippen molar-refractivity contribution in [1.29, 1.82) is 0 Å². The highest BCUT2D eigenvalue weighted by molar-refractivity contribution is 5.97. The third kappa shape index (κ3) is 5.50. The van der Waals surface area contributed by atoms with Crippen LogP contribution in [0.3, 0.4) is 0 Å². The van der Waals surface area contributed by atoms with Crippen molar-refractivity contribution in [2.75, 3.05) is 18.0 Å². The number of piperidine rings is 1. The van der Waals surface area contributed by atoms with Gasteiger partial charge in [0.25, 0.3) is 5.91 Å². The minimum atomic E-state index is -0.129. The Labute approximate surface area is 191 Å². The molecule has 166 valence electrons. The molecular formula is C28H32N2O2. The first kappa shape index (κ1) is 21.9. The van der Waals surface area contributed by atoms with Crippen LogP contribution in [0.15, 0.2) is 78.9 Å². The lowest BCUT2D eigenvalue weighted by molar-refractivity contribution is 0.0935. The van der Waals surface area contributed by atoms with Gasteiger partial charge in [-0.1, -0.05) is 61.5 Å². The van der Waals surface area contributed by atoms with Gasteiger partial charge in [0, 0.05) is 18.8 Å². The number of rotatable bonds is 7. The Bertz CT molecular complexity index is 1010. The number of nitrogens with zero attached hydrogens (tertiary/aromatic N) is 1. The largest absolute Gasteiger partial charge is 0.488 e. The number of carbonyl (C=O) groups is 1. The Hall–Kier alpha value is -3.27. The van der Waals surface area contributed by atoms with Crippen LogP contribution in [0, 0.1) is 5.92 Å². The summed E-state index contributed by atoms with van der Waals surface area (Å²) in [5.41, 5.74) is 3.97. The molecule has 0 unspecified atom stereocenters. The summed E-state index contributed by atoms with van der Waals surface area (Å²) in [6.45, 7) is 7.01. The van der Waals surface area contributed by atoms with E-state index in [1.54, 1.807) is 0 Å². The molecule has 1 heterocycles. The average molecular weight is 429 g/mol. The predicted molar refractivity (Wildman–Crippen MR) is 130 cm³/mol. The molecule has 1 aliphatic rings. The monoisotopic (exact) mass is 428 g/mol. The minimum absolute atomic E-state index is 0.0971. The van der Waals surface area contributed by atoms with E-state index in [4.69, 9.17) is 4.74 Å². The van der Waals surface area contributed by atoms with Crippen LogP contribution in [0.5, 0.6) is 5.75 Å². The molecule has 4 heteroatoms. The van der Waals surface area contributed by atoms with Crippen molar-refractivity contribution in [3.63, 3.8) is 0 Å². The summed E-state index contributed by atoms with van der Waals surface area (Å²) in [6, 6.07) is 25.9. The van der Waals surface area contributed by atoms with Gasteiger partial charge in [-0.3, -0.25) is 4.79 Å². The van der Waals surface area contributed by atoms with Gasteiger partial charge in [-0.15, -0.1) is 0 Å². The first-order chi connectivity index (χ1) is 15.6. The van der Waals surface area contributed by atoms with E-state index in [2.05, 4.69) is 41.4 Å². The summed E-state index contributed by atoms with van der Waals surface area (Å²) in [5.74, 6) is 1.28. The van der Waals surface area contributed by atoms with E-state index in [0.29, 0.717) is 17.9 Å². The van der Waals surface area contributed by atoms with Gasteiger partial charge in [0.05, 0.1) is 11.6 Å². The lowest BCUT2D eigenvalue weighted by Gasteiger charge is -2.32. The molecule has 1 saturated heterocycles. The molecule has 4 rings (SSSR count). The van der Waals surface area contributed by atoms with Gasteiger partial charge in [-0.05, 0) is 61.1 Å². The quantitative estimate of drug-likeness (QED) is 0.502. The molecule has 0 spiro atoms. The normalized spacial score (nSPS) is 15.2. The van der Waals surface area contributed by atoms with Crippen molar-refractivity contribution < 1.29 is 9.53 Å². The second-order valence-electron chi connectivity index (χ2n) is 8.73. The number of hydrogen-bond acceptors (Lipinski definition) is 3. The van der Waals surface area contributed by atoms with Crippen LogP contribution in [0.4, 0.5) is 5.69 Å². The zero-order valence-corrected chi connectivity index (χ0v) is 19.0. The van der Waals surface area contributed by atoms with Gasteiger partial charge in [0.1, 0.15) is 12.4 Å². The van der Waals surface area contributed by atoms with Gasteiger partial charge in [-0.25, -0.2) is 0 Å². The first-order valence-corrected chi connectivity index (χ1v) is 11.5. The summed E-state index contributed by atoms with van der Waals surface area (Å²) in [4.78, 5) is 15.5. The summed E-state index contributed by atoms with van der Waals surface area (Å²) < 4.78 is 5.96. The van der Waals surface area contributed by atoms with Gasteiger partial charge < -0.3 is 15.0 Å². The van der Waals surface area contributed by atoms with E-state index in [0.717, 1.165) is 30.1 Å². The number of hydrogen-bond donors (Lipinski definition) is 1. The van der Waals surface area contributed by atoms with Crippen molar-refractivity contribution in [3.05, 3.63) is 95.6 Å². The highest BCUT2D eigenvalue weighted by atomic mass is 16.5. The zero-order valence-electron chi connectivity index (χ0n) is 19.0. The number of carbonyl (C=O) groups excluding carboxylic acids is 1. The molecule has 1 amide bonds. The molecule has 0 radical (unpaired) electrons. The second kappa shape index (κ2) is 10.4. The molecule has 0 aromatic heterocycles. The van der Waals surface area contributed by atoms with Gasteiger partial charge in [-0.2, -0.15) is 0 Å². The fraction of sp³-hybridized carbons (Fsp3) is 0.321. The van der Waals surface area contributed by atoms with Crippen LogP contribution < -0.4 is 15.0 Å². The second-order valence-corrected chi connectivity index (χ2v) is 8.73. The number of ether oxygens (including phenoxy) is 1. The minimum Gasteiger partial charge on any atom is -0.488 e. The number of nitrogens with one attached hydrogen (secondary N) is 1. The van der Waals surface area contributed by atoms with Crippen molar-refractivity contribution in [1.82, 2.24) is 5.32 Å². The highest BCUT2D eigenvalue weighted by Crippen LogP contribution is 2.25. The van der Waals surface area contributed by atoms with Crippen LogP contribution in [0.2, 0.25) is 0 Å². The average Bonchev–Trinajstić information content (AvgIpc) is 2.84. The van der Waals surface area contributed by atoms with E-state index >= 15 is 0 Å². The third-order valence-corrected chi connectivity index (χ3v) is 6.26. The zero-order chi connectivity index (χ0) is 22.3. The Kier molecular flexibility index (Phi) is 7.10. The standard InChI is InChI=1S/C28H32N2O2/c1-21-16-18-30(19-17-21)25-14-12-24(13-15-25)22(2)29-28(31)26-10-6-7-11-27(26)32-20-23-8-4-3-5-9-23/h3-15,21-22H,16-20H2,1-2H3,(H,29,31)/t22-/m1/s1.